The number of thiazole rings is 1. The Morgan fingerprint density at radius 2 is 1.53 bits per heavy atom. The summed E-state index contributed by atoms with van der Waals surface area (Å²) in [6.07, 6.45) is -5.70. The van der Waals surface area contributed by atoms with Crippen molar-refractivity contribution in [3.05, 3.63) is 87.9 Å². The Morgan fingerprint density at radius 3 is 2.15 bits per heavy atom. The molecule has 0 bridgehead atoms. The maximum atomic E-state index is 14.9. The lowest BCUT2D eigenvalue weighted by molar-refractivity contribution is -0.915. The molecule has 0 saturated carbocycles. The van der Waals surface area contributed by atoms with Gasteiger partial charge in [-0.2, -0.15) is 0 Å². The van der Waals surface area contributed by atoms with E-state index in [0.717, 1.165) is 46.8 Å². The monoisotopic (exact) mass is 1260 g/mol. The number of nitrogens with one attached hydrogen (secondary N) is 4. The summed E-state index contributed by atoms with van der Waals surface area (Å²) in [5, 5.41) is 64.2. The van der Waals surface area contributed by atoms with E-state index in [0.29, 0.717) is 36.4 Å². The molecule has 12 atom stereocenters. The molecule has 2 aliphatic rings. The molecule has 1 unspecified atom stereocenters. The van der Waals surface area contributed by atoms with Gasteiger partial charge in [0.15, 0.2) is 18.8 Å². The van der Waals surface area contributed by atoms with Gasteiger partial charge in [-0.25, -0.2) is 9.78 Å². The number of hydrogen-bond acceptors (Lipinski definition) is 18. The summed E-state index contributed by atoms with van der Waals surface area (Å²) in [5.74, 6) is -8.46. The van der Waals surface area contributed by atoms with Crippen LogP contribution in [0.4, 0.5) is 5.69 Å². The summed E-state index contributed by atoms with van der Waals surface area (Å²) in [5.41, 5.74) is 1.48. The highest BCUT2D eigenvalue weighted by atomic mass is 32.1. The molecule has 1 aromatic heterocycles. The number of benzene rings is 2. The maximum Gasteiger partial charge on any atom is 0.335 e. The molecule has 2 aromatic carbocycles. The molecule has 5 rings (SSSR count). The van der Waals surface area contributed by atoms with Crippen LogP contribution in [0.5, 0.6) is 5.75 Å². The third-order valence-corrected chi connectivity index (χ3v) is 16.8. The fourth-order valence-corrected chi connectivity index (χ4v) is 11.4. The van der Waals surface area contributed by atoms with Gasteiger partial charge in [0.05, 0.1) is 25.2 Å². The molecule has 0 radical (unpaired) electrons. The van der Waals surface area contributed by atoms with Crippen molar-refractivity contribution >= 4 is 76.3 Å². The minimum absolute atomic E-state index is 0.0144. The van der Waals surface area contributed by atoms with Gasteiger partial charge in [0.25, 0.3) is 23.6 Å². The summed E-state index contributed by atoms with van der Waals surface area (Å²) in [7, 11) is 3.49. The number of ether oxygens (including phenoxy) is 3. The molecular weight excluding hydrogens is 1180 g/mol. The number of aliphatic carboxylic acids is 2. The predicted octanol–water partition coefficient (Wildman–Crippen LogP) is 3.47. The zero-order valence-electron chi connectivity index (χ0n) is 51.9. The first-order chi connectivity index (χ1) is 42.0. The Balaban J connectivity index is 1.35. The van der Waals surface area contributed by atoms with Crippen LogP contribution in [-0.2, 0) is 65.6 Å². The fourth-order valence-electron chi connectivity index (χ4n) is 10.6. The van der Waals surface area contributed by atoms with Crippen molar-refractivity contribution in [1.82, 2.24) is 30.7 Å². The lowest BCUT2D eigenvalue weighted by Gasteiger charge is -2.38. The molecule has 3 heterocycles. The largest absolute Gasteiger partial charge is 0.481 e. The first-order valence-corrected chi connectivity index (χ1v) is 30.8. The number of amides is 7. The van der Waals surface area contributed by atoms with E-state index < -0.39 is 120 Å². The van der Waals surface area contributed by atoms with Crippen LogP contribution in [0.15, 0.2) is 66.1 Å². The van der Waals surface area contributed by atoms with Gasteiger partial charge in [-0.05, 0) is 61.3 Å². The predicted molar refractivity (Wildman–Crippen MR) is 324 cm³/mol. The van der Waals surface area contributed by atoms with Crippen molar-refractivity contribution < 1.29 is 92.2 Å². The van der Waals surface area contributed by atoms with Gasteiger partial charge >= 0.3 is 17.9 Å². The highest BCUT2D eigenvalue weighted by Crippen LogP contribution is 2.34. The number of imide groups is 1. The number of carboxylic acid groups (broad SMARTS) is 2. The summed E-state index contributed by atoms with van der Waals surface area (Å²) < 4.78 is 17.2. The molecule has 0 spiro atoms. The molecule has 7 amide bonds. The number of carbonyl (C=O) groups excluding carboxylic acids is 8. The van der Waals surface area contributed by atoms with Crippen molar-refractivity contribution in [3.63, 3.8) is 0 Å². The van der Waals surface area contributed by atoms with Crippen molar-refractivity contribution in [2.75, 3.05) is 45.6 Å². The lowest BCUT2D eigenvalue weighted by atomic mass is 9.93. The van der Waals surface area contributed by atoms with Gasteiger partial charge in [-0.15, -0.1) is 11.3 Å². The molecule has 26 nitrogen and oxygen atoms in total. The summed E-state index contributed by atoms with van der Waals surface area (Å²) in [4.78, 5) is 137. The number of aliphatic hydroxyl groups is 3. The second kappa shape index (κ2) is 33.8. The van der Waals surface area contributed by atoms with Crippen LogP contribution in [0.25, 0.3) is 0 Å². The smallest absolute Gasteiger partial charge is 0.335 e. The van der Waals surface area contributed by atoms with Crippen LogP contribution in [-0.4, -0.2) is 193 Å². The third kappa shape index (κ3) is 21.2. The topological polar surface area (TPSA) is 367 Å². The zero-order valence-corrected chi connectivity index (χ0v) is 52.7. The van der Waals surface area contributed by atoms with E-state index in [9.17, 15) is 73.5 Å². The Kier molecular flexibility index (Phi) is 27.3. The fraction of sp³-hybridized carbons (Fsp3) is 0.565. The van der Waals surface area contributed by atoms with Crippen molar-refractivity contribution in [1.29, 1.82) is 0 Å². The minimum Gasteiger partial charge on any atom is -0.481 e. The number of aromatic nitrogens is 1. The Morgan fingerprint density at radius 1 is 0.843 bits per heavy atom. The highest BCUT2D eigenvalue weighted by Gasteiger charge is 2.48. The number of anilines is 1. The van der Waals surface area contributed by atoms with Gasteiger partial charge in [0, 0.05) is 81.5 Å². The molecule has 1 saturated heterocycles. The molecule has 27 heteroatoms. The van der Waals surface area contributed by atoms with Crippen molar-refractivity contribution in [2.45, 2.75) is 168 Å². The number of unbranched alkanes of at least 4 members (excludes halogenated alkanes) is 2. The van der Waals surface area contributed by atoms with Crippen LogP contribution < -0.4 is 26.0 Å². The van der Waals surface area contributed by atoms with Gasteiger partial charge in [-0.1, -0.05) is 84.7 Å². The first kappa shape index (κ1) is 72.1. The molecule has 2 aliphatic heterocycles. The second-order valence-electron chi connectivity index (χ2n) is 23.5. The van der Waals surface area contributed by atoms with E-state index >= 15 is 0 Å². The van der Waals surface area contributed by atoms with E-state index in [2.05, 4.69) is 26.3 Å². The quantitative estimate of drug-likeness (QED) is 0.0176. The molecular formula is C62H87N8O18S+. The normalized spacial score (nSPS) is 20.1. The standard InChI is InChI=1S/C62H86N8O18S/c1-10-12-16-27-70(9,32-40-19-20-45(87-62-55(79)53(77)54(78)56(88-62)61(84)85)42(30-40)65-48(73)23-25-63-47(72)24-26-69-50(75)21-22-51(69)76)33-49(74)67-52(36(5)11-2)59(81)68(8)44(35(3)4)31-46(86-38(7)71)58-66-43(34-89-58)57(80)64-41(28-37(6)60(82)83)29-39-17-14-13-15-18-39/h13-15,17-22,30,34-37,41,44,46,52-56,62,77-79H,10-12,16,23-29,31-33H2,1-9H3,(H5-,63,64,65,67,72,73,74,80,82,83,84,85)/p+1/t36-,37-,41+,44+,46+,52-,53-,54-,55+,56-,62+,70?/m0/s1. The number of nitrogens with zero attached hydrogens (tertiary/aromatic N) is 4. The van der Waals surface area contributed by atoms with Gasteiger partial charge in [-0.3, -0.25) is 48.1 Å². The third-order valence-electron chi connectivity index (χ3n) is 15.8. The van der Waals surface area contributed by atoms with Crippen molar-refractivity contribution in [3.8, 4) is 5.75 Å². The number of rotatable bonds is 35. The number of likely N-dealkylation sites (N-methyl/N-ethyl adjacent to an activating group) is 2. The molecule has 0 aliphatic carbocycles. The number of aliphatic hydroxyl groups excluding tert-OH is 3. The maximum absolute atomic E-state index is 14.9. The van der Waals surface area contributed by atoms with E-state index in [4.69, 9.17) is 14.2 Å². The highest BCUT2D eigenvalue weighted by molar-refractivity contribution is 7.09. The summed E-state index contributed by atoms with van der Waals surface area (Å²) >= 11 is 1.10. The zero-order chi connectivity index (χ0) is 65.9. The van der Waals surface area contributed by atoms with E-state index in [1.54, 1.807) is 24.9 Å². The van der Waals surface area contributed by atoms with E-state index in [1.165, 1.54) is 24.4 Å². The lowest BCUT2D eigenvalue weighted by Crippen LogP contribution is -2.61. The average molecular weight is 1260 g/mol. The van der Waals surface area contributed by atoms with Crippen LogP contribution in [0, 0.1) is 17.8 Å². The Hall–Kier alpha value is -7.69. The van der Waals surface area contributed by atoms with Gasteiger partial charge < -0.3 is 70.4 Å². The second-order valence-corrected chi connectivity index (χ2v) is 24.4. The molecule has 89 heavy (non-hydrogen) atoms. The SMILES string of the molecule is CCCCC[N+](C)(CC(=O)N[C@H](C(=O)N(C)[C@H](C[C@@H](OC(C)=O)c1nc(C(=O)N[C@@H](Cc2ccccc2)C[C@H](C)C(=O)O)cs1)C(C)C)[C@@H](C)CC)Cc1ccc(O[C@@H]2O[C@H](C(=O)O)[C@@H](O)[C@H](O)[C@H]2O)c(NC(=O)CCNC(=O)CCN2C(=O)C=CC2=O)c1. The number of hydrogen-bond donors (Lipinski definition) is 9. The van der Waals surface area contributed by atoms with Crippen LogP contribution >= 0.6 is 11.3 Å². The molecule has 9 N–H and O–H groups in total. The van der Waals surface area contributed by atoms with Gasteiger partial charge in [0.2, 0.25) is 24.0 Å². The minimum atomic E-state index is -2.01. The van der Waals surface area contributed by atoms with Crippen LogP contribution in [0.3, 0.4) is 0 Å². The van der Waals surface area contributed by atoms with E-state index in [-0.39, 0.29) is 85.3 Å². The van der Waals surface area contributed by atoms with Crippen LogP contribution in [0.1, 0.15) is 133 Å². The number of carbonyl (C=O) groups is 10. The number of esters is 1. The summed E-state index contributed by atoms with van der Waals surface area (Å²) in [6, 6.07) is 11.8. The molecule has 488 valence electrons. The van der Waals surface area contributed by atoms with Crippen LogP contribution in [0.2, 0.25) is 0 Å². The summed E-state index contributed by atoms with van der Waals surface area (Å²) in [6.45, 7) is 12.6. The molecule has 3 aromatic rings. The van der Waals surface area contributed by atoms with E-state index in [1.807, 2.05) is 72.0 Å². The molecule has 1 fully saturated rings. The first-order valence-electron chi connectivity index (χ1n) is 30.0. The van der Waals surface area contributed by atoms with Crippen molar-refractivity contribution in [2.24, 2.45) is 17.8 Å². The Labute approximate surface area is 521 Å². The average Bonchev–Trinajstić information content (AvgIpc) is 3.11. The number of carboxylic acids is 2. The van der Waals surface area contributed by atoms with Gasteiger partial charge in [0.1, 0.15) is 47.3 Å². The Bertz CT molecular complexity index is 2980. The number of quaternary nitrogens is 1.